The molecule has 1 aromatic rings. The molecular formula is C16H26N2O. The Morgan fingerprint density at radius 1 is 1.47 bits per heavy atom. The number of nitrogens with zero attached hydrogens (tertiary/aromatic N) is 1. The first-order valence-electron chi connectivity index (χ1n) is 7.39. The SMILES string of the molecule is CCOC1(C(N)c2cnccc2C)CCC(C)CC1. The summed E-state index contributed by atoms with van der Waals surface area (Å²) in [5.74, 6) is 0.788. The van der Waals surface area contributed by atoms with Crippen LogP contribution in [0.2, 0.25) is 0 Å². The van der Waals surface area contributed by atoms with Crippen molar-refractivity contribution in [3.05, 3.63) is 29.6 Å². The van der Waals surface area contributed by atoms with Gasteiger partial charge in [0, 0.05) is 19.0 Å². The summed E-state index contributed by atoms with van der Waals surface area (Å²) in [5.41, 5.74) is 8.71. The Hall–Kier alpha value is -0.930. The average Bonchev–Trinajstić information content (AvgIpc) is 2.42. The van der Waals surface area contributed by atoms with Crippen molar-refractivity contribution >= 4 is 0 Å². The van der Waals surface area contributed by atoms with E-state index in [-0.39, 0.29) is 11.6 Å². The van der Waals surface area contributed by atoms with Crippen LogP contribution in [-0.2, 0) is 4.74 Å². The van der Waals surface area contributed by atoms with E-state index < -0.39 is 0 Å². The lowest BCUT2D eigenvalue weighted by molar-refractivity contribution is -0.0898. The van der Waals surface area contributed by atoms with Gasteiger partial charge in [0.1, 0.15) is 0 Å². The lowest BCUT2D eigenvalue weighted by Crippen LogP contribution is -2.46. The van der Waals surface area contributed by atoms with Crippen molar-refractivity contribution < 1.29 is 4.74 Å². The van der Waals surface area contributed by atoms with Gasteiger partial charge in [0.2, 0.25) is 0 Å². The van der Waals surface area contributed by atoms with Crippen LogP contribution in [-0.4, -0.2) is 17.2 Å². The van der Waals surface area contributed by atoms with Crippen molar-refractivity contribution in [1.82, 2.24) is 4.98 Å². The van der Waals surface area contributed by atoms with Crippen LogP contribution in [0, 0.1) is 12.8 Å². The monoisotopic (exact) mass is 262 g/mol. The fraction of sp³-hybridized carbons (Fsp3) is 0.688. The number of ether oxygens (including phenoxy) is 1. The molecule has 2 N–H and O–H groups in total. The fourth-order valence-electron chi connectivity index (χ4n) is 3.17. The summed E-state index contributed by atoms with van der Waals surface area (Å²) in [6.07, 6.45) is 8.23. The van der Waals surface area contributed by atoms with E-state index in [9.17, 15) is 0 Å². The van der Waals surface area contributed by atoms with E-state index in [1.165, 1.54) is 18.4 Å². The molecule has 0 spiro atoms. The molecule has 0 radical (unpaired) electrons. The molecule has 3 nitrogen and oxygen atoms in total. The lowest BCUT2D eigenvalue weighted by atomic mass is 9.73. The van der Waals surface area contributed by atoms with Gasteiger partial charge in [-0.2, -0.15) is 0 Å². The predicted octanol–water partition coefficient (Wildman–Crippen LogP) is 3.38. The minimum Gasteiger partial charge on any atom is -0.373 e. The first kappa shape index (κ1) is 14.5. The maximum atomic E-state index is 6.57. The molecule has 0 saturated heterocycles. The Balaban J connectivity index is 2.26. The maximum absolute atomic E-state index is 6.57. The summed E-state index contributed by atoms with van der Waals surface area (Å²) in [5, 5.41) is 0. The van der Waals surface area contributed by atoms with Gasteiger partial charge in [-0.25, -0.2) is 0 Å². The van der Waals surface area contributed by atoms with E-state index >= 15 is 0 Å². The molecule has 1 fully saturated rings. The van der Waals surface area contributed by atoms with Gasteiger partial charge >= 0.3 is 0 Å². The van der Waals surface area contributed by atoms with Gasteiger partial charge < -0.3 is 10.5 Å². The first-order chi connectivity index (χ1) is 9.09. The predicted molar refractivity (Wildman–Crippen MR) is 77.9 cm³/mol. The number of hydrogen-bond acceptors (Lipinski definition) is 3. The van der Waals surface area contributed by atoms with Crippen LogP contribution >= 0.6 is 0 Å². The van der Waals surface area contributed by atoms with Crippen molar-refractivity contribution in [3.8, 4) is 0 Å². The Morgan fingerprint density at radius 2 is 2.16 bits per heavy atom. The molecule has 0 amide bonds. The largest absolute Gasteiger partial charge is 0.373 e. The molecule has 3 heteroatoms. The van der Waals surface area contributed by atoms with Crippen molar-refractivity contribution in [3.63, 3.8) is 0 Å². The van der Waals surface area contributed by atoms with E-state index in [4.69, 9.17) is 10.5 Å². The molecule has 1 unspecified atom stereocenters. The van der Waals surface area contributed by atoms with Crippen molar-refractivity contribution in [2.45, 2.75) is 58.1 Å². The molecule has 0 bridgehead atoms. The van der Waals surface area contributed by atoms with Crippen LogP contribution in [0.15, 0.2) is 18.5 Å². The van der Waals surface area contributed by atoms with Crippen LogP contribution in [0.4, 0.5) is 0 Å². The third kappa shape index (κ3) is 2.98. The van der Waals surface area contributed by atoms with E-state index in [0.717, 1.165) is 30.9 Å². The highest BCUT2D eigenvalue weighted by atomic mass is 16.5. The number of aromatic nitrogens is 1. The van der Waals surface area contributed by atoms with E-state index in [1.54, 1.807) is 0 Å². The number of rotatable bonds is 4. The van der Waals surface area contributed by atoms with E-state index in [2.05, 4.69) is 25.8 Å². The molecule has 0 aliphatic heterocycles. The second-order valence-corrected chi connectivity index (χ2v) is 5.89. The first-order valence-corrected chi connectivity index (χ1v) is 7.39. The van der Waals surface area contributed by atoms with Crippen LogP contribution < -0.4 is 5.73 Å². The standard InChI is InChI=1S/C16H26N2O/c1-4-19-16(8-5-12(2)6-9-16)15(17)14-11-18-10-7-13(14)3/h7,10-12,15H,4-6,8-9,17H2,1-3H3. The number of aryl methyl sites for hydroxylation is 1. The molecule has 1 saturated carbocycles. The van der Waals surface area contributed by atoms with Crippen LogP contribution in [0.3, 0.4) is 0 Å². The molecule has 1 aliphatic carbocycles. The number of pyridine rings is 1. The van der Waals surface area contributed by atoms with Crippen LogP contribution in [0.1, 0.15) is 56.7 Å². The third-order valence-electron chi connectivity index (χ3n) is 4.53. The Morgan fingerprint density at radius 3 is 2.74 bits per heavy atom. The van der Waals surface area contributed by atoms with Crippen LogP contribution in [0.5, 0.6) is 0 Å². The molecule has 1 atom stereocenters. The third-order valence-corrected chi connectivity index (χ3v) is 4.53. The van der Waals surface area contributed by atoms with Crippen molar-refractivity contribution in [2.24, 2.45) is 11.7 Å². The molecule has 2 rings (SSSR count). The average molecular weight is 262 g/mol. The summed E-state index contributed by atoms with van der Waals surface area (Å²) in [6, 6.07) is 1.95. The van der Waals surface area contributed by atoms with Gasteiger partial charge in [-0.3, -0.25) is 4.98 Å². The lowest BCUT2D eigenvalue weighted by Gasteiger charge is -2.43. The van der Waals surface area contributed by atoms with Gasteiger partial charge in [-0.15, -0.1) is 0 Å². The maximum Gasteiger partial charge on any atom is 0.0874 e. The van der Waals surface area contributed by atoms with Gasteiger partial charge in [0.25, 0.3) is 0 Å². The Bertz CT molecular complexity index is 411. The Kier molecular flexibility index (Phi) is 4.58. The fourth-order valence-corrected chi connectivity index (χ4v) is 3.17. The zero-order valence-electron chi connectivity index (χ0n) is 12.4. The molecular weight excluding hydrogens is 236 g/mol. The van der Waals surface area contributed by atoms with E-state index in [1.807, 2.05) is 18.5 Å². The van der Waals surface area contributed by atoms with Crippen molar-refractivity contribution in [1.29, 1.82) is 0 Å². The quantitative estimate of drug-likeness (QED) is 0.905. The summed E-state index contributed by atoms with van der Waals surface area (Å²) in [4.78, 5) is 4.23. The minimum atomic E-state index is -0.199. The highest BCUT2D eigenvalue weighted by Gasteiger charge is 2.41. The second-order valence-electron chi connectivity index (χ2n) is 5.89. The highest BCUT2D eigenvalue weighted by molar-refractivity contribution is 5.27. The topological polar surface area (TPSA) is 48.1 Å². The van der Waals surface area contributed by atoms with E-state index in [0.29, 0.717) is 0 Å². The normalized spacial score (nSPS) is 29.2. The number of hydrogen-bond donors (Lipinski definition) is 1. The summed E-state index contributed by atoms with van der Waals surface area (Å²) < 4.78 is 6.14. The molecule has 106 valence electrons. The van der Waals surface area contributed by atoms with Crippen LogP contribution in [0.25, 0.3) is 0 Å². The van der Waals surface area contributed by atoms with Gasteiger partial charge in [-0.1, -0.05) is 6.92 Å². The van der Waals surface area contributed by atoms with Gasteiger partial charge in [-0.05, 0) is 62.6 Å². The summed E-state index contributed by atoms with van der Waals surface area (Å²) >= 11 is 0. The Labute approximate surface area is 116 Å². The number of nitrogens with two attached hydrogens (primary N) is 1. The summed E-state index contributed by atoms with van der Waals surface area (Å²) in [7, 11) is 0. The summed E-state index contributed by atoms with van der Waals surface area (Å²) in [6.45, 7) is 7.20. The molecule has 1 heterocycles. The zero-order chi connectivity index (χ0) is 13.9. The van der Waals surface area contributed by atoms with Crippen molar-refractivity contribution in [2.75, 3.05) is 6.61 Å². The minimum absolute atomic E-state index is 0.0753. The molecule has 19 heavy (non-hydrogen) atoms. The highest BCUT2D eigenvalue weighted by Crippen LogP contribution is 2.42. The zero-order valence-corrected chi connectivity index (χ0v) is 12.4. The second kappa shape index (κ2) is 6.02. The van der Waals surface area contributed by atoms with Gasteiger partial charge in [0.05, 0.1) is 11.6 Å². The molecule has 0 aromatic carbocycles. The van der Waals surface area contributed by atoms with Gasteiger partial charge in [0.15, 0.2) is 0 Å². The smallest absolute Gasteiger partial charge is 0.0874 e. The molecule has 1 aliphatic rings. The molecule has 1 aromatic heterocycles.